The average Bonchev–Trinajstić information content (AvgIpc) is 2.94. The fourth-order valence-electron chi connectivity index (χ4n) is 4.51. The molecule has 2 saturated carbocycles. The summed E-state index contributed by atoms with van der Waals surface area (Å²) in [5.41, 5.74) is 0. The van der Waals surface area contributed by atoms with E-state index in [4.69, 9.17) is 11.6 Å². The predicted molar refractivity (Wildman–Crippen MR) is 93.2 cm³/mol. The Balaban J connectivity index is 1.72. The van der Waals surface area contributed by atoms with E-state index >= 15 is 0 Å². The molecule has 0 amide bonds. The highest BCUT2D eigenvalue weighted by atomic mass is 35.5. The molecule has 118 valence electrons. The van der Waals surface area contributed by atoms with Crippen molar-refractivity contribution in [3.63, 3.8) is 0 Å². The first-order valence-corrected chi connectivity index (χ1v) is 10.0. The molecular formula is C18H28ClNS. The second kappa shape index (κ2) is 7.48. The number of thiophene rings is 1. The summed E-state index contributed by atoms with van der Waals surface area (Å²) in [5, 5.41) is 6.92. The van der Waals surface area contributed by atoms with Gasteiger partial charge in [0, 0.05) is 10.9 Å². The fraction of sp³-hybridized carbons (Fsp3) is 0.778. The molecule has 1 nitrogen and oxygen atoms in total. The summed E-state index contributed by atoms with van der Waals surface area (Å²) in [7, 11) is 0. The summed E-state index contributed by atoms with van der Waals surface area (Å²) < 4.78 is 0. The van der Waals surface area contributed by atoms with Crippen molar-refractivity contribution in [2.45, 2.75) is 64.3 Å². The topological polar surface area (TPSA) is 12.0 Å². The number of rotatable bonds is 5. The Morgan fingerprint density at radius 3 is 2.76 bits per heavy atom. The molecule has 21 heavy (non-hydrogen) atoms. The highest BCUT2D eigenvalue weighted by Gasteiger charge is 2.36. The maximum absolute atomic E-state index is 6.44. The van der Waals surface area contributed by atoms with Crippen molar-refractivity contribution in [1.82, 2.24) is 5.32 Å². The lowest BCUT2D eigenvalue weighted by atomic mass is 9.66. The molecule has 0 saturated heterocycles. The van der Waals surface area contributed by atoms with Crippen molar-refractivity contribution in [2.75, 3.05) is 6.54 Å². The Kier molecular flexibility index (Phi) is 5.64. The lowest BCUT2D eigenvalue weighted by molar-refractivity contribution is 0.110. The molecule has 1 heterocycles. The van der Waals surface area contributed by atoms with E-state index in [2.05, 4.69) is 23.7 Å². The summed E-state index contributed by atoms with van der Waals surface area (Å²) in [6.07, 6.45) is 11.3. The van der Waals surface area contributed by atoms with Crippen molar-refractivity contribution in [1.29, 1.82) is 0 Å². The van der Waals surface area contributed by atoms with Gasteiger partial charge in [-0.1, -0.05) is 44.2 Å². The maximum Gasteiger partial charge on any atom is 0.0561 e. The molecule has 0 aromatic carbocycles. The van der Waals surface area contributed by atoms with Gasteiger partial charge >= 0.3 is 0 Å². The molecule has 4 unspecified atom stereocenters. The summed E-state index contributed by atoms with van der Waals surface area (Å²) >= 11 is 8.28. The highest BCUT2D eigenvalue weighted by Crippen LogP contribution is 2.47. The fourth-order valence-corrected chi connectivity index (χ4v) is 5.86. The van der Waals surface area contributed by atoms with E-state index < -0.39 is 0 Å². The minimum absolute atomic E-state index is 0.486. The molecule has 0 spiro atoms. The molecule has 1 aromatic rings. The number of fused-ring (bicyclic) bond motifs is 1. The predicted octanol–water partition coefficient (Wildman–Crippen LogP) is 6.05. The quantitative estimate of drug-likeness (QED) is 0.695. The van der Waals surface area contributed by atoms with Gasteiger partial charge in [0.1, 0.15) is 0 Å². The summed E-state index contributed by atoms with van der Waals surface area (Å²) in [6.45, 7) is 3.35. The second-order valence-electron chi connectivity index (χ2n) is 6.94. The SMILES string of the molecule is CCCNC(c1sccc1Cl)C1CCC2CCCCC2C1. The summed E-state index contributed by atoms with van der Waals surface area (Å²) in [6, 6.07) is 2.55. The molecule has 1 aromatic heterocycles. The van der Waals surface area contributed by atoms with Crippen LogP contribution in [0.25, 0.3) is 0 Å². The third kappa shape index (κ3) is 3.65. The molecule has 1 N–H and O–H groups in total. The molecular weight excluding hydrogens is 298 g/mol. The molecule has 2 aliphatic rings. The standard InChI is InChI=1S/C18H28ClNS/c1-2-10-20-17(18-16(19)9-11-21-18)15-8-7-13-5-3-4-6-14(13)12-15/h9,11,13-15,17,20H,2-8,10,12H2,1H3. The zero-order chi connectivity index (χ0) is 14.7. The van der Waals surface area contributed by atoms with Gasteiger partial charge in [-0.15, -0.1) is 11.3 Å². The van der Waals surface area contributed by atoms with E-state index in [0.717, 1.165) is 29.3 Å². The molecule has 0 radical (unpaired) electrons. The first kappa shape index (κ1) is 15.8. The van der Waals surface area contributed by atoms with Crippen LogP contribution in [0.15, 0.2) is 11.4 Å². The maximum atomic E-state index is 6.44. The zero-order valence-electron chi connectivity index (χ0n) is 13.1. The first-order chi connectivity index (χ1) is 10.3. The highest BCUT2D eigenvalue weighted by molar-refractivity contribution is 7.10. The van der Waals surface area contributed by atoms with E-state index in [1.165, 1.54) is 56.2 Å². The van der Waals surface area contributed by atoms with Crippen molar-refractivity contribution in [3.8, 4) is 0 Å². The van der Waals surface area contributed by atoms with E-state index in [1.54, 1.807) is 0 Å². The van der Waals surface area contributed by atoms with Gasteiger partial charge in [-0.05, 0) is 61.4 Å². The number of hydrogen-bond acceptors (Lipinski definition) is 2. The van der Waals surface area contributed by atoms with Gasteiger partial charge in [0.15, 0.2) is 0 Å². The van der Waals surface area contributed by atoms with Crippen LogP contribution in [0.1, 0.15) is 69.2 Å². The van der Waals surface area contributed by atoms with E-state index in [1.807, 2.05) is 11.3 Å². The molecule has 3 heteroatoms. The van der Waals surface area contributed by atoms with Gasteiger partial charge in [0.05, 0.1) is 5.02 Å². The Bertz CT molecular complexity index is 444. The zero-order valence-corrected chi connectivity index (χ0v) is 14.7. The lowest BCUT2D eigenvalue weighted by Crippen LogP contribution is -2.35. The Morgan fingerprint density at radius 2 is 2.05 bits per heavy atom. The van der Waals surface area contributed by atoms with Crippen LogP contribution >= 0.6 is 22.9 Å². The van der Waals surface area contributed by atoms with Crippen LogP contribution in [0.5, 0.6) is 0 Å². The molecule has 0 aliphatic heterocycles. The van der Waals surface area contributed by atoms with Gasteiger partial charge in [0.25, 0.3) is 0 Å². The van der Waals surface area contributed by atoms with Crippen LogP contribution in [0.3, 0.4) is 0 Å². The normalized spacial score (nSPS) is 30.9. The van der Waals surface area contributed by atoms with Crippen LogP contribution in [-0.4, -0.2) is 6.54 Å². The smallest absolute Gasteiger partial charge is 0.0561 e. The number of halogens is 1. The van der Waals surface area contributed by atoms with Gasteiger partial charge in [-0.25, -0.2) is 0 Å². The largest absolute Gasteiger partial charge is 0.309 e. The summed E-state index contributed by atoms with van der Waals surface area (Å²) in [4.78, 5) is 1.38. The van der Waals surface area contributed by atoms with E-state index in [-0.39, 0.29) is 0 Å². The van der Waals surface area contributed by atoms with Crippen LogP contribution in [0.4, 0.5) is 0 Å². The van der Waals surface area contributed by atoms with E-state index in [9.17, 15) is 0 Å². The Hall–Kier alpha value is -0.0500. The molecule has 2 aliphatic carbocycles. The Labute approximate surface area is 138 Å². The van der Waals surface area contributed by atoms with Crippen LogP contribution < -0.4 is 5.32 Å². The third-order valence-electron chi connectivity index (χ3n) is 5.59. The van der Waals surface area contributed by atoms with Gasteiger partial charge in [-0.2, -0.15) is 0 Å². The minimum atomic E-state index is 0.486. The van der Waals surface area contributed by atoms with Gasteiger partial charge < -0.3 is 5.32 Å². The molecule has 2 fully saturated rings. The number of hydrogen-bond donors (Lipinski definition) is 1. The summed E-state index contributed by atoms with van der Waals surface area (Å²) in [5.74, 6) is 2.80. The monoisotopic (exact) mass is 325 g/mol. The Morgan fingerprint density at radius 1 is 1.24 bits per heavy atom. The average molecular weight is 326 g/mol. The molecule has 0 bridgehead atoms. The van der Waals surface area contributed by atoms with Crippen molar-refractivity contribution in [2.24, 2.45) is 17.8 Å². The van der Waals surface area contributed by atoms with Crippen molar-refractivity contribution < 1.29 is 0 Å². The van der Waals surface area contributed by atoms with Gasteiger partial charge in [-0.3, -0.25) is 0 Å². The van der Waals surface area contributed by atoms with Crippen LogP contribution in [0.2, 0.25) is 5.02 Å². The third-order valence-corrected chi connectivity index (χ3v) is 7.03. The molecule has 4 atom stereocenters. The van der Waals surface area contributed by atoms with Crippen molar-refractivity contribution >= 4 is 22.9 Å². The molecule has 3 rings (SSSR count). The minimum Gasteiger partial charge on any atom is -0.309 e. The van der Waals surface area contributed by atoms with Gasteiger partial charge in [0.2, 0.25) is 0 Å². The van der Waals surface area contributed by atoms with Crippen LogP contribution in [-0.2, 0) is 0 Å². The first-order valence-electron chi connectivity index (χ1n) is 8.75. The van der Waals surface area contributed by atoms with Crippen molar-refractivity contribution in [3.05, 3.63) is 21.3 Å². The van der Waals surface area contributed by atoms with E-state index in [0.29, 0.717) is 6.04 Å². The lowest BCUT2D eigenvalue weighted by Gasteiger charge is -2.42. The van der Waals surface area contributed by atoms with Crippen LogP contribution in [0, 0.1) is 17.8 Å². The number of nitrogens with one attached hydrogen (secondary N) is 1. The second-order valence-corrected chi connectivity index (χ2v) is 8.30.